The predicted octanol–water partition coefficient (Wildman–Crippen LogP) is 3.55. The maximum atomic E-state index is 12.8. The molecule has 154 valence electrons. The fourth-order valence-electron chi connectivity index (χ4n) is 4.88. The van der Waals surface area contributed by atoms with E-state index in [-0.39, 0.29) is 11.9 Å². The number of likely N-dealkylation sites (tertiary alicyclic amines) is 1. The van der Waals surface area contributed by atoms with E-state index in [1.54, 1.807) is 6.20 Å². The summed E-state index contributed by atoms with van der Waals surface area (Å²) in [7, 11) is 0. The van der Waals surface area contributed by atoms with Crippen LogP contribution in [0.25, 0.3) is 0 Å². The molecule has 2 aliphatic heterocycles. The second kappa shape index (κ2) is 8.06. The van der Waals surface area contributed by atoms with Gasteiger partial charge in [0.25, 0.3) is 0 Å². The molecule has 1 N–H and O–H groups in total. The van der Waals surface area contributed by atoms with Gasteiger partial charge in [0.05, 0.1) is 18.8 Å². The van der Waals surface area contributed by atoms with Crippen LogP contribution in [0.15, 0.2) is 30.5 Å². The van der Waals surface area contributed by atoms with Crippen LogP contribution in [0, 0.1) is 0 Å². The van der Waals surface area contributed by atoms with Crippen LogP contribution in [0.3, 0.4) is 0 Å². The molecule has 3 aliphatic rings. The van der Waals surface area contributed by atoms with E-state index in [0.29, 0.717) is 25.8 Å². The molecule has 2 aromatic rings. The molecule has 29 heavy (non-hydrogen) atoms. The van der Waals surface area contributed by atoms with E-state index < -0.39 is 0 Å². The highest BCUT2D eigenvalue weighted by Gasteiger charge is 2.29. The molecule has 7 nitrogen and oxygen atoms in total. The number of aromatic nitrogens is 2. The van der Waals surface area contributed by atoms with Gasteiger partial charge in [0.2, 0.25) is 5.91 Å². The number of ether oxygens (including phenoxy) is 2. The average molecular weight is 396 g/mol. The van der Waals surface area contributed by atoms with Crippen molar-refractivity contribution in [1.29, 1.82) is 0 Å². The van der Waals surface area contributed by atoms with Gasteiger partial charge in [-0.25, -0.2) is 4.68 Å². The summed E-state index contributed by atoms with van der Waals surface area (Å²) in [5.74, 6) is 2.46. The Hall–Kier alpha value is -2.54. The molecule has 5 rings (SSSR count). The molecule has 2 fully saturated rings. The molecule has 0 radical (unpaired) electrons. The van der Waals surface area contributed by atoms with Crippen molar-refractivity contribution in [1.82, 2.24) is 14.7 Å². The van der Waals surface area contributed by atoms with E-state index in [1.165, 1.54) is 18.4 Å². The number of hydrogen-bond donors (Lipinski definition) is 1. The van der Waals surface area contributed by atoms with Gasteiger partial charge in [0.1, 0.15) is 19.0 Å². The van der Waals surface area contributed by atoms with Gasteiger partial charge in [-0.05, 0) is 49.9 Å². The third-order valence-electron chi connectivity index (χ3n) is 6.27. The van der Waals surface area contributed by atoms with Crippen molar-refractivity contribution in [3.63, 3.8) is 0 Å². The van der Waals surface area contributed by atoms with E-state index in [4.69, 9.17) is 9.47 Å². The quantitative estimate of drug-likeness (QED) is 0.837. The summed E-state index contributed by atoms with van der Waals surface area (Å²) in [5.41, 5.74) is 1.19. The molecule has 0 bridgehead atoms. The van der Waals surface area contributed by atoms with Gasteiger partial charge in [0, 0.05) is 12.1 Å². The monoisotopic (exact) mass is 396 g/mol. The zero-order valence-corrected chi connectivity index (χ0v) is 16.7. The second-order valence-electron chi connectivity index (χ2n) is 8.18. The number of carbonyl (C=O) groups excluding carboxylic acids is 1. The Morgan fingerprint density at radius 1 is 1.07 bits per heavy atom. The van der Waals surface area contributed by atoms with Crippen molar-refractivity contribution in [2.75, 3.05) is 31.6 Å². The van der Waals surface area contributed by atoms with E-state index in [2.05, 4.69) is 27.4 Å². The van der Waals surface area contributed by atoms with Crippen LogP contribution in [-0.2, 0) is 4.79 Å². The van der Waals surface area contributed by atoms with Crippen LogP contribution >= 0.6 is 0 Å². The number of rotatable bonds is 5. The smallest absolute Gasteiger partial charge is 0.239 e. The van der Waals surface area contributed by atoms with E-state index in [1.807, 2.05) is 16.8 Å². The van der Waals surface area contributed by atoms with Crippen LogP contribution < -0.4 is 14.8 Å². The number of benzene rings is 1. The molecule has 1 aromatic carbocycles. The summed E-state index contributed by atoms with van der Waals surface area (Å²) in [6.45, 7) is 2.49. The third kappa shape index (κ3) is 3.83. The van der Waals surface area contributed by atoms with Crippen LogP contribution in [0.2, 0.25) is 0 Å². The summed E-state index contributed by atoms with van der Waals surface area (Å²) >= 11 is 0. The van der Waals surface area contributed by atoms with Gasteiger partial charge in [-0.2, -0.15) is 5.10 Å². The highest BCUT2D eigenvalue weighted by atomic mass is 16.6. The fourth-order valence-corrected chi connectivity index (χ4v) is 4.88. The van der Waals surface area contributed by atoms with Crippen molar-refractivity contribution in [2.45, 2.75) is 50.6 Å². The Morgan fingerprint density at radius 2 is 1.90 bits per heavy atom. The molecule has 1 atom stereocenters. The number of carbonyl (C=O) groups is 1. The highest BCUT2D eigenvalue weighted by molar-refractivity contribution is 5.91. The van der Waals surface area contributed by atoms with Crippen molar-refractivity contribution in [3.8, 4) is 11.5 Å². The summed E-state index contributed by atoms with van der Waals surface area (Å²) < 4.78 is 13.4. The zero-order chi connectivity index (χ0) is 19.6. The highest BCUT2D eigenvalue weighted by Crippen LogP contribution is 2.38. The Morgan fingerprint density at radius 3 is 2.76 bits per heavy atom. The number of hydrogen-bond acceptors (Lipinski definition) is 5. The van der Waals surface area contributed by atoms with Crippen molar-refractivity contribution >= 4 is 11.7 Å². The van der Waals surface area contributed by atoms with E-state index in [9.17, 15) is 4.79 Å². The lowest BCUT2D eigenvalue weighted by molar-refractivity contribution is -0.117. The topological polar surface area (TPSA) is 68.6 Å². The van der Waals surface area contributed by atoms with Crippen LogP contribution in [0.1, 0.15) is 56.2 Å². The lowest BCUT2D eigenvalue weighted by atomic mass is 10.0. The zero-order valence-electron chi connectivity index (χ0n) is 16.7. The number of anilines is 1. The van der Waals surface area contributed by atoms with Crippen LogP contribution in [0.4, 0.5) is 5.82 Å². The minimum atomic E-state index is 0.0224. The molecule has 1 saturated carbocycles. The molecule has 1 aliphatic carbocycles. The maximum absolute atomic E-state index is 12.8. The summed E-state index contributed by atoms with van der Waals surface area (Å²) in [6, 6.07) is 8.71. The predicted molar refractivity (Wildman–Crippen MR) is 109 cm³/mol. The lowest BCUT2D eigenvalue weighted by Gasteiger charge is -2.26. The van der Waals surface area contributed by atoms with Gasteiger partial charge >= 0.3 is 0 Å². The molecule has 1 amide bonds. The molecule has 1 aromatic heterocycles. The first-order valence-electron chi connectivity index (χ1n) is 10.7. The molecule has 0 spiro atoms. The molecule has 7 heteroatoms. The minimum Gasteiger partial charge on any atom is -0.486 e. The van der Waals surface area contributed by atoms with Gasteiger partial charge in [0.15, 0.2) is 11.5 Å². The van der Waals surface area contributed by atoms with Crippen molar-refractivity contribution in [2.24, 2.45) is 0 Å². The van der Waals surface area contributed by atoms with E-state index >= 15 is 0 Å². The molecule has 1 saturated heterocycles. The number of amides is 1. The standard InChI is InChI=1S/C22H28N4O3/c27-22(24-21-9-10-23-26(21)17-4-1-2-5-17)15-25-11-3-6-18(25)16-7-8-19-20(14-16)29-13-12-28-19/h7-10,14,17-18H,1-6,11-13,15H2,(H,24,27). The summed E-state index contributed by atoms with van der Waals surface area (Å²) in [5, 5.41) is 7.54. The van der Waals surface area contributed by atoms with Crippen LogP contribution in [0.5, 0.6) is 11.5 Å². The van der Waals surface area contributed by atoms with Gasteiger partial charge in [-0.3, -0.25) is 9.69 Å². The van der Waals surface area contributed by atoms with Crippen molar-refractivity contribution in [3.05, 3.63) is 36.0 Å². The van der Waals surface area contributed by atoms with E-state index in [0.717, 1.165) is 49.5 Å². The molecule has 1 unspecified atom stereocenters. The number of fused-ring (bicyclic) bond motifs is 1. The Bertz CT molecular complexity index is 875. The van der Waals surface area contributed by atoms with Gasteiger partial charge in [-0.15, -0.1) is 0 Å². The van der Waals surface area contributed by atoms with Gasteiger partial charge < -0.3 is 14.8 Å². The molecule has 3 heterocycles. The summed E-state index contributed by atoms with van der Waals surface area (Å²) in [6.07, 6.45) is 8.68. The van der Waals surface area contributed by atoms with Crippen molar-refractivity contribution < 1.29 is 14.3 Å². The maximum Gasteiger partial charge on any atom is 0.239 e. The fraction of sp³-hybridized carbons (Fsp3) is 0.545. The Kier molecular flexibility index (Phi) is 5.14. The molecular formula is C22H28N4O3. The van der Waals surface area contributed by atoms with Gasteiger partial charge in [-0.1, -0.05) is 18.9 Å². The SMILES string of the molecule is O=C(CN1CCCC1c1ccc2c(c1)OCCO2)Nc1ccnn1C1CCCC1. The number of nitrogens with zero attached hydrogens (tertiary/aromatic N) is 3. The largest absolute Gasteiger partial charge is 0.486 e. The minimum absolute atomic E-state index is 0.0224. The van der Waals surface area contributed by atoms with Crippen LogP contribution in [-0.4, -0.2) is 46.9 Å². The first-order chi connectivity index (χ1) is 14.3. The summed E-state index contributed by atoms with van der Waals surface area (Å²) in [4.78, 5) is 15.1. The average Bonchev–Trinajstić information content (AvgIpc) is 3.49. The second-order valence-corrected chi connectivity index (χ2v) is 8.18. The third-order valence-corrected chi connectivity index (χ3v) is 6.27. The lowest BCUT2D eigenvalue weighted by Crippen LogP contribution is -2.33. The normalized spacial score (nSPS) is 22.1. The number of nitrogens with one attached hydrogen (secondary N) is 1. The first-order valence-corrected chi connectivity index (χ1v) is 10.7. The Labute approximate surface area is 171 Å². The Balaban J connectivity index is 1.25. The molecular weight excluding hydrogens is 368 g/mol. The first kappa shape index (κ1) is 18.5.